The van der Waals surface area contributed by atoms with E-state index in [9.17, 15) is 0 Å². The number of hydrogen-bond donors (Lipinski definition) is 2. The lowest BCUT2D eigenvalue weighted by Crippen LogP contribution is -1.91. The first-order chi connectivity index (χ1) is 5.65. The Balaban J connectivity index is 3.20. The molecule has 0 atom stereocenters. The molecule has 0 radical (unpaired) electrons. The van der Waals surface area contributed by atoms with E-state index in [1.54, 1.807) is 18.2 Å². The van der Waals surface area contributed by atoms with Gasteiger partial charge in [-0.2, -0.15) is 0 Å². The van der Waals surface area contributed by atoms with E-state index >= 15 is 0 Å². The maximum Gasteiger partial charge on any atom is 0.116 e. The van der Waals surface area contributed by atoms with Crippen molar-refractivity contribution in [2.45, 2.75) is 6.61 Å². The summed E-state index contributed by atoms with van der Waals surface area (Å²) in [6.45, 7) is 3.29. The van der Waals surface area contributed by atoms with Gasteiger partial charge < -0.3 is 10.2 Å². The first-order valence-electron chi connectivity index (χ1n) is 3.42. The Morgan fingerprint density at radius 1 is 1.50 bits per heavy atom. The summed E-state index contributed by atoms with van der Waals surface area (Å²) in [7, 11) is 0. The summed E-state index contributed by atoms with van der Waals surface area (Å²) in [5.41, 5.74) is 1.25. The lowest BCUT2D eigenvalue weighted by Gasteiger charge is -2.05. The number of hydrogen-bond acceptors (Lipinski definition) is 2. The van der Waals surface area contributed by atoms with E-state index in [1.807, 2.05) is 0 Å². The highest BCUT2D eigenvalue weighted by Crippen LogP contribution is 2.20. The standard InChI is InChI=1S/C9H9BrO2/c1-6(12)9-3-2-8(10)4-7(9)5-11/h2-4,11-12H,1,5H2. The van der Waals surface area contributed by atoms with Crippen LogP contribution in [0.25, 0.3) is 5.76 Å². The van der Waals surface area contributed by atoms with Gasteiger partial charge in [0.2, 0.25) is 0 Å². The van der Waals surface area contributed by atoms with Crippen molar-refractivity contribution in [3.05, 3.63) is 40.4 Å². The van der Waals surface area contributed by atoms with Crippen LogP contribution in [0.4, 0.5) is 0 Å². The molecular weight excluding hydrogens is 220 g/mol. The normalized spacial score (nSPS) is 9.83. The van der Waals surface area contributed by atoms with Crippen molar-refractivity contribution in [2.75, 3.05) is 0 Å². The summed E-state index contributed by atoms with van der Waals surface area (Å²) in [5.74, 6) is -0.0217. The Labute approximate surface area is 79.3 Å². The zero-order valence-corrected chi connectivity index (χ0v) is 8.00. The van der Waals surface area contributed by atoms with E-state index in [0.29, 0.717) is 11.1 Å². The average Bonchev–Trinajstić information content (AvgIpc) is 2.03. The molecule has 0 saturated carbocycles. The molecule has 0 saturated heterocycles. The maximum atomic E-state index is 9.11. The Bertz CT molecular complexity index is 307. The predicted octanol–water partition coefficient (Wildman–Crippen LogP) is 2.47. The number of halogens is 1. The van der Waals surface area contributed by atoms with Crippen molar-refractivity contribution >= 4 is 21.7 Å². The SMILES string of the molecule is C=C(O)c1ccc(Br)cc1CO. The summed E-state index contributed by atoms with van der Waals surface area (Å²) >= 11 is 3.26. The number of benzene rings is 1. The highest BCUT2D eigenvalue weighted by Gasteiger charge is 2.03. The second-order valence-corrected chi connectivity index (χ2v) is 3.32. The van der Waals surface area contributed by atoms with Crippen molar-refractivity contribution in [2.24, 2.45) is 0 Å². The molecular formula is C9H9BrO2. The van der Waals surface area contributed by atoms with E-state index in [-0.39, 0.29) is 12.4 Å². The van der Waals surface area contributed by atoms with Crippen molar-refractivity contribution in [1.29, 1.82) is 0 Å². The third-order valence-electron chi connectivity index (χ3n) is 1.55. The van der Waals surface area contributed by atoms with Crippen molar-refractivity contribution in [3.8, 4) is 0 Å². The molecule has 2 nitrogen and oxygen atoms in total. The minimum atomic E-state index is -0.103. The third kappa shape index (κ3) is 1.87. The second-order valence-electron chi connectivity index (χ2n) is 2.41. The van der Waals surface area contributed by atoms with E-state index < -0.39 is 0 Å². The molecule has 0 aliphatic carbocycles. The Morgan fingerprint density at radius 2 is 2.17 bits per heavy atom. The quantitative estimate of drug-likeness (QED) is 0.764. The Hall–Kier alpha value is -0.800. The molecule has 0 bridgehead atoms. The summed E-state index contributed by atoms with van der Waals surface area (Å²) in [4.78, 5) is 0. The molecule has 0 unspecified atom stereocenters. The monoisotopic (exact) mass is 228 g/mol. The molecule has 12 heavy (non-hydrogen) atoms. The maximum absolute atomic E-state index is 9.11. The van der Waals surface area contributed by atoms with Crippen molar-refractivity contribution in [3.63, 3.8) is 0 Å². The molecule has 0 fully saturated rings. The first-order valence-corrected chi connectivity index (χ1v) is 4.22. The van der Waals surface area contributed by atoms with Crippen LogP contribution in [0.5, 0.6) is 0 Å². The molecule has 1 rings (SSSR count). The number of rotatable bonds is 2. The molecule has 1 aromatic carbocycles. The van der Waals surface area contributed by atoms with Crippen molar-refractivity contribution < 1.29 is 10.2 Å². The second kappa shape index (κ2) is 3.74. The largest absolute Gasteiger partial charge is 0.508 e. The lowest BCUT2D eigenvalue weighted by atomic mass is 10.1. The Morgan fingerprint density at radius 3 is 2.67 bits per heavy atom. The van der Waals surface area contributed by atoms with Crippen LogP contribution >= 0.6 is 15.9 Å². The van der Waals surface area contributed by atoms with Gasteiger partial charge in [-0.3, -0.25) is 0 Å². The van der Waals surface area contributed by atoms with Crippen LogP contribution in [0.1, 0.15) is 11.1 Å². The minimum Gasteiger partial charge on any atom is -0.508 e. The third-order valence-corrected chi connectivity index (χ3v) is 2.04. The summed E-state index contributed by atoms with van der Waals surface area (Å²) < 4.78 is 0.872. The van der Waals surface area contributed by atoms with Gasteiger partial charge in [0.1, 0.15) is 5.76 Å². The van der Waals surface area contributed by atoms with Gasteiger partial charge in [-0.15, -0.1) is 0 Å². The van der Waals surface area contributed by atoms with Crippen LogP contribution < -0.4 is 0 Å². The number of aliphatic hydroxyl groups is 2. The lowest BCUT2D eigenvalue weighted by molar-refractivity contribution is 0.281. The summed E-state index contributed by atoms with van der Waals surface area (Å²) in [5, 5.41) is 18.0. The van der Waals surface area contributed by atoms with Crippen LogP contribution in [-0.4, -0.2) is 10.2 Å². The number of aliphatic hydroxyl groups excluding tert-OH is 2. The van der Waals surface area contributed by atoms with Gasteiger partial charge in [-0.1, -0.05) is 22.5 Å². The first kappa shape index (κ1) is 9.29. The van der Waals surface area contributed by atoms with Gasteiger partial charge in [0.25, 0.3) is 0 Å². The Kier molecular flexibility index (Phi) is 2.89. The van der Waals surface area contributed by atoms with E-state index in [2.05, 4.69) is 22.5 Å². The topological polar surface area (TPSA) is 40.5 Å². The van der Waals surface area contributed by atoms with Crippen LogP contribution in [0.3, 0.4) is 0 Å². The molecule has 0 heterocycles. The fraction of sp³-hybridized carbons (Fsp3) is 0.111. The fourth-order valence-corrected chi connectivity index (χ4v) is 1.38. The van der Waals surface area contributed by atoms with Crippen LogP contribution in [0.2, 0.25) is 0 Å². The van der Waals surface area contributed by atoms with Gasteiger partial charge in [-0.25, -0.2) is 0 Å². The highest BCUT2D eigenvalue weighted by molar-refractivity contribution is 9.10. The van der Waals surface area contributed by atoms with Gasteiger partial charge >= 0.3 is 0 Å². The molecule has 0 amide bonds. The molecule has 0 aliphatic heterocycles. The van der Waals surface area contributed by atoms with Crippen LogP contribution in [-0.2, 0) is 6.61 Å². The van der Waals surface area contributed by atoms with E-state index in [1.165, 1.54) is 0 Å². The van der Waals surface area contributed by atoms with Crippen LogP contribution in [0, 0.1) is 0 Å². The molecule has 0 aromatic heterocycles. The molecule has 3 heteroatoms. The fourth-order valence-electron chi connectivity index (χ4n) is 0.975. The predicted molar refractivity (Wildman–Crippen MR) is 51.7 cm³/mol. The van der Waals surface area contributed by atoms with E-state index in [4.69, 9.17) is 10.2 Å². The minimum absolute atomic E-state index is 0.0217. The zero-order chi connectivity index (χ0) is 9.14. The average molecular weight is 229 g/mol. The molecule has 64 valence electrons. The van der Waals surface area contributed by atoms with Gasteiger partial charge in [-0.05, 0) is 23.8 Å². The molecule has 0 spiro atoms. The highest BCUT2D eigenvalue weighted by atomic mass is 79.9. The molecule has 0 aliphatic rings. The summed E-state index contributed by atoms with van der Waals surface area (Å²) in [6, 6.07) is 5.24. The van der Waals surface area contributed by atoms with Gasteiger partial charge in [0, 0.05) is 10.0 Å². The molecule has 1 aromatic rings. The van der Waals surface area contributed by atoms with Crippen molar-refractivity contribution in [1.82, 2.24) is 0 Å². The summed E-state index contributed by atoms with van der Waals surface area (Å²) in [6.07, 6.45) is 0. The van der Waals surface area contributed by atoms with Crippen LogP contribution in [0.15, 0.2) is 29.3 Å². The van der Waals surface area contributed by atoms with Gasteiger partial charge in [0.05, 0.1) is 6.61 Å². The van der Waals surface area contributed by atoms with E-state index in [0.717, 1.165) is 4.47 Å². The molecule has 2 N–H and O–H groups in total. The van der Waals surface area contributed by atoms with Gasteiger partial charge in [0.15, 0.2) is 0 Å². The smallest absolute Gasteiger partial charge is 0.116 e. The zero-order valence-electron chi connectivity index (χ0n) is 6.42.